The highest BCUT2D eigenvalue weighted by molar-refractivity contribution is 7.91. The summed E-state index contributed by atoms with van der Waals surface area (Å²) in [5.74, 6) is -1.34. The zero-order chi connectivity index (χ0) is 95.2. The van der Waals surface area contributed by atoms with Crippen molar-refractivity contribution in [2.45, 2.75) is 30.7 Å². The Balaban J connectivity index is 0.000000142. The van der Waals surface area contributed by atoms with Crippen molar-refractivity contribution in [1.82, 2.24) is 54.6 Å². The molecule has 8 aromatic carbocycles. The maximum absolute atomic E-state index is 13.2. The Morgan fingerprint density at radius 2 is 0.709 bits per heavy atom. The van der Waals surface area contributed by atoms with E-state index in [0.29, 0.717) is 138 Å². The molecule has 0 saturated heterocycles. The number of anilines is 5. The molecule has 5 amide bonds. The third-order valence-electron chi connectivity index (χ3n) is 19.6. The summed E-state index contributed by atoms with van der Waals surface area (Å²) in [6.45, 7) is 5.28. The second-order valence-corrected chi connectivity index (χ2v) is 35.6. The van der Waals surface area contributed by atoms with E-state index >= 15 is 0 Å². The molecule has 0 saturated carbocycles. The first-order valence-electron chi connectivity index (χ1n) is 40.3. The summed E-state index contributed by atoms with van der Waals surface area (Å²) in [6.07, 6.45) is 16.3. The minimum absolute atomic E-state index is 0.0852. The lowest BCUT2D eigenvalue weighted by molar-refractivity contribution is 0.101. The first-order valence-corrected chi connectivity index (χ1v) is 46.3. The number of carbonyl (C=O) groups is 5. The van der Waals surface area contributed by atoms with Crippen LogP contribution in [0.3, 0.4) is 0 Å². The maximum Gasteiger partial charge on any atom is 0.259 e. The van der Waals surface area contributed by atoms with Crippen molar-refractivity contribution < 1.29 is 45.2 Å². The molecule has 9 aromatic heterocycles. The van der Waals surface area contributed by atoms with E-state index in [1.807, 2.05) is 115 Å². The van der Waals surface area contributed by atoms with Crippen molar-refractivity contribution in [2.75, 3.05) is 39.1 Å². The van der Waals surface area contributed by atoms with Crippen LogP contribution in [0.4, 0.5) is 32.8 Å². The average Bonchev–Trinajstić information content (AvgIpc) is 1.65. The number of hydrogen-bond donors (Lipinski definition) is 5. The van der Waals surface area contributed by atoms with Gasteiger partial charge in [0.25, 0.3) is 29.5 Å². The molecule has 9 heterocycles. The molecule has 17 rings (SSSR count). The van der Waals surface area contributed by atoms with Crippen LogP contribution in [-0.2, 0) is 19.7 Å². The number of sulfone groups is 2. The molecule has 0 radical (unpaired) electrons. The van der Waals surface area contributed by atoms with Crippen molar-refractivity contribution in [2.24, 2.45) is 0 Å². The number of nitrogens with zero attached hydrogens (tertiary/aromatic N) is 11. The number of hydrogen-bond acceptors (Lipinski definition) is 19. The minimum Gasteiger partial charge on any atom is -0.322 e. The number of rotatable bonds is 19. The van der Waals surface area contributed by atoms with Crippen molar-refractivity contribution in [3.05, 3.63) is 416 Å². The van der Waals surface area contributed by atoms with Crippen LogP contribution in [-0.4, -0.2) is 114 Å². The predicted molar refractivity (Wildman–Crippen MR) is 525 cm³/mol. The summed E-state index contributed by atoms with van der Waals surface area (Å²) < 4.78 is 60.9. The van der Waals surface area contributed by atoms with E-state index in [-0.39, 0.29) is 44.9 Å². The highest BCUT2D eigenvalue weighted by atomic mass is 35.5. The second kappa shape index (κ2) is 44.8. The lowest BCUT2D eigenvalue weighted by atomic mass is 10.1. The number of pyridine rings is 7. The Morgan fingerprint density at radius 3 is 1.06 bits per heavy atom. The first kappa shape index (κ1) is 96.6. The molecule has 134 heavy (non-hydrogen) atoms. The van der Waals surface area contributed by atoms with Crippen LogP contribution in [0.15, 0.2) is 345 Å². The Labute approximate surface area is 799 Å². The number of benzene rings is 8. The van der Waals surface area contributed by atoms with Gasteiger partial charge in [0.05, 0.1) is 104 Å². The topological polar surface area (TPSA) is 348 Å². The standard InChI is InChI=1S/C23H17ClN4O.C22H16ClFN4O.C20H17ClN2O3S.C18H14ClN3O3S.C17H11Cl2N3O/c1-15-26-14-19(22(27-15)16-7-3-2-4-8-16)23(29)28-17-10-11-20(24)18(13-17)21-9-5-6-12-25-21;1-14-19(13-26-28(14)17-8-5-15(24)6-9-17)22(29)27-16-7-10-20(23)18(12-16)21-4-2-3-11-25-21;1-13-11-15(27(2,25)26)7-8-16(13)20(24)23-14-6-9-18(21)17(12-14)19-5-3-4-10-22-19;1-26(24,25)17-8-5-12(11-21-17)18(23)22-13-6-7-15(19)14(10-13)16-4-2-3-9-20-16;18-14-6-5-12(9-13(14)15-3-1-2-8-20-15)22-17(23)11-4-7-16(19)21-10-11/h2-14H,1H3,(H,28,29);2-13H,1H3,(H,27,29);3-12H,1-2H3,(H,23,24);2-11H,1H3,(H,22,23);1-10H,(H,22,23). The van der Waals surface area contributed by atoms with Gasteiger partial charge >= 0.3 is 0 Å². The van der Waals surface area contributed by atoms with Gasteiger partial charge in [-0.2, -0.15) is 5.10 Å². The molecule has 0 aliphatic heterocycles. The summed E-state index contributed by atoms with van der Waals surface area (Å²) in [5.41, 5.74) is 15.3. The number of amides is 5. The maximum atomic E-state index is 13.2. The van der Waals surface area contributed by atoms with E-state index in [1.165, 1.54) is 61.1 Å². The minimum atomic E-state index is -3.41. The van der Waals surface area contributed by atoms with E-state index in [9.17, 15) is 45.2 Å². The molecule has 34 heteroatoms. The van der Waals surface area contributed by atoms with Crippen molar-refractivity contribution >= 4 is 147 Å². The van der Waals surface area contributed by atoms with Crippen molar-refractivity contribution in [3.8, 4) is 73.2 Å². The summed E-state index contributed by atoms with van der Waals surface area (Å²) >= 11 is 37.1. The van der Waals surface area contributed by atoms with E-state index in [1.54, 1.807) is 184 Å². The highest BCUT2D eigenvalue weighted by Gasteiger charge is 2.23. The Bertz CT molecular complexity index is 7380. The van der Waals surface area contributed by atoms with Crippen LogP contribution < -0.4 is 26.6 Å². The van der Waals surface area contributed by atoms with Gasteiger partial charge in [-0.3, -0.25) is 48.9 Å². The van der Waals surface area contributed by atoms with Gasteiger partial charge in [0.2, 0.25) is 0 Å². The Hall–Kier alpha value is -15.0. The molecule has 17 aromatic rings. The van der Waals surface area contributed by atoms with E-state index in [4.69, 9.17) is 69.6 Å². The number of halogens is 7. The van der Waals surface area contributed by atoms with Crippen LogP contribution >= 0.6 is 69.6 Å². The molecule has 5 N–H and O–H groups in total. The quantitative estimate of drug-likeness (QED) is 0.0469. The number of aryl methyl sites for hydroxylation is 2. The third-order valence-corrected chi connectivity index (χ3v) is 23.6. The van der Waals surface area contributed by atoms with E-state index in [2.05, 4.69) is 76.5 Å². The van der Waals surface area contributed by atoms with Crippen molar-refractivity contribution in [3.63, 3.8) is 0 Å². The molecule has 0 aliphatic carbocycles. The monoisotopic (exact) mass is 1940 g/mol. The second-order valence-electron chi connectivity index (χ2n) is 29.2. The molecule has 0 aliphatic rings. The average molecular weight is 1940 g/mol. The van der Waals surface area contributed by atoms with Gasteiger partial charge in [-0.1, -0.05) is 130 Å². The molecule has 0 fully saturated rings. The molecule has 0 unspecified atom stereocenters. The van der Waals surface area contributed by atoms with Gasteiger partial charge in [-0.15, -0.1) is 0 Å². The molecule has 0 atom stereocenters. The molecule has 25 nitrogen and oxygen atoms in total. The molecule has 0 bridgehead atoms. The third kappa shape index (κ3) is 25.8. The Kier molecular flexibility index (Phi) is 32.3. The highest BCUT2D eigenvalue weighted by Crippen LogP contribution is 2.36. The van der Waals surface area contributed by atoms with E-state index in [0.717, 1.165) is 46.2 Å². The molecule has 0 spiro atoms. The fraction of sp³-hybridized carbons (Fsp3) is 0.0500. The zero-order valence-corrected chi connectivity index (χ0v) is 77.5. The van der Waals surface area contributed by atoms with Gasteiger partial charge in [-0.05, 0) is 245 Å². The smallest absolute Gasteiger partial charge is 0.259 e. The van der Waals surface area contributed by atoms with Crippen LogP contribution in [0.2, 0.25) is 30.3 Å². The van der Waals surface area contributed by atoms with Crippen molar-refractivity contribution in [1.29, 1.82) is 0 Å². The number of aromatic nitrogens is 11. The van der Waals surface area contributed by atoms with Crippen LogP contribution in [0, 0.1) is 26.6 Å². The predicted octanol–water partition coefficient (Wildman–Crippen LogP) is 23.2. The zero-order valence-electron chi connectivity index (χ0n) is 71.3. The van der Waals surface area contributed by atoms with Gasteiger partial charge in [0.15, 0.2) is 24.7 Å². The fourth-order valence-corrected chi connectivity index (χ4v) is 15.4. The van der Waals surface area contributed by atoms with Crippen LogP contribution in [0.25, 0.3) is 73.2 Å². The SMILES string of the molecule is CS(=O)(=O)c1ccc(C(=O)Nc2ccc(Cl)c(-c3ccccn3)c2)cn1.Cc1c(C(=O)Nc2ccc(Cl)c(-c3ccccn3)c2)cnn1-c1ccc(F)cc1.Cc1cc(S(C)(=O)=O)ccc1C(=O)Nc1ccc(Cl)c(-c2ccccn2)c1.Cc1ncc(C(=O)Nc2ccc(Cl)c(-c3ccccn3)c2)c(-c2ccccc2)n1.O=C(Nc1ccc(Cl)c(-c2ccccn2)c1)c1ccc(Cl)nc1. The largest absolute Gasteiger partial charge is 0.322 e. The molecule has 670 valence electrons. The molecular weight excluding hydrogens is 1870 g/mol. The number of nitrogens with one attached hydrogen (secondary N) is 5. The lowest BCUT2D eigenvalue weighted by Crippen LogP contribution is -2.15. The van der Waals surface area contributed by atoms with Crippen LogP contribution in [0.1, 0.15) is 68.9 Å². The molecular formula is C100H75Cl6FN16O9S2. The lowest BCUT2D eigenvalue weighted by Gasteiger charge is -2.12. The summed E-state index contributed by atoms with van der Waals surface area (Å²) in [4.78, 5) is 101. The van der Waals surface area contributed by atoms with Crippen LogP contribution in [0.5, 0.6) is 0 Å². The fourth-order valence-electron chi connectivity index (χ4n) is 12.9. The van der Waals surface area contributed by atoms with Gasteiger partial charge < -0.3 is 26.6 Å². The summed E-state index contributed by atoms with van der Waals surface area (Å²) in [7, 11) is -6.73. The summed E-state index contributed by atoms with van der Waals surface area (Å²) in [6, 6.07) is 79.5. The Morgan fingerprint density at radius 1 is 0.336 bits per heavy atom. The van der Waals surface area contributed by atoms with E-state index < -0.39 is 25.6 Å². The normalized spacial score (nSPS) is 10.8. The summed E-state index contributed by atoms with van der Waals surface area (Å²) in [5, 5.41) is 21.4. The van der Waals surface area contributed by atoms with Gasteiger partial charge in [-0.25, -0.2) is 45.8 Å². The number of carbonyl (C=O) groups excluding carboxylic acids is 5. The first-order chi connectivity index (χ1) is 64.4. The van der Waals surface area contributed by atoms with Gasteiger partial charge in [0, 0.05) is 129 Å². The van der Waals surface area contributed by atoms with Gasteiger partial charge in [0.1, 0.15) is 16.8 Å².